The monoisotopic (exact) mass is 365 g/mol. The van der Waals surface area contributed by atoms with Crippen molar-refractivity contribution in [2.75, 3.05) is 18.0 Å². The SMILES string of the molecule is Cn1cc2c(n1)N(Cc1ccccc1C1CC1)C(=O)N(C1CCNCC1)C2. The highest BCUT2D eigenvalue weighted by molar-refractivity contribution is 5.93. The largest absolute Gasteiger partial charge is 0.326 e. The third-order valence-electron chi connectivity index (χ3n) is 6.11. The molecule has 1 aromatic heterocycles. The van der Waals surface area contributed by atoms with Crippen LogP contribution in [0.1, 0.15) is 48.3 Å². The number of benzene rings is 1. The maximum atomic E-state index is 13.5. The van der Waals surface area contributed by atoms with Crippen LogP contribution in [0, 0.1) is 0 Å². The van der Waals surface area contributed by atoms with E-state index in [2.05, 4.69) is 45.8 Å². The molecule has 1 aliphatic carbocycles. The fraction of sp³-hybridized carbons (Fsp3) is 0.524. The lowest BCUT2D eigenvalue weighted by Gasteiger charge is -2.40. The summed E-state index contributed by atoms with van der Waals surface area (Å²) in [7, 11) is 1.94. The summed E-state index contributed by atoms with van der Waals surface area (Å²) in [6, 6.07) is 9.02. The van der Waals surface area contributed by atoms with Gasteiger partial charge in [-0.1, -0.05) is 24.3 Å². The van der Waals surface area contributed by atoms with Crippen molar-refractivity contribution in [2.24, 2.45) is 7.05 Å². The van der Waals surface area contributed by atoms with Crippen molar-refractivity contribution in [1.29, 1.82) is 0 Å². The van der Waals surface area contributed by atoms with E-state index in [0.717, 1.165) is 37.3 Å². The molecule has 2 aromatic rings. The highest BCUT2D eigenvalue weighted by Crippen LogP contribution is 2.42. The second kappa shape index (κ2) is 6.68. The molecule has 0 radical (unpaired) electrons. The molecule has 0 atom stereocenters. The predicted octanol–water partition coefficient (Wildman–Crippen LogP) is 2.99. The van der Waals surface area contributed by atoms with E-state index >= 15 is 0 Å². The number of aryl methyl sites for hydroxylation is 1. The van der Waals surface area contributed by atoms with Crippen molar-refractivity contribution in [2.45, 2.75) is 50.7 Å². The number of nitrogens with zero attached hydrogens (tertiary/aromatic N) is 4. The lowest BCUT2D eigenvalue weighted by Crippen LogP contribution is -2.53. The van der Waals surface area contributed by atoms with Crippen molar-refractivity contribution in [3.05, 3.63) is 47.2 Å². The molecule has 5 rings (SSSR count). The van der Waals surface area contributed by atoms with Crippen LogP contribution in [-0.4, -0.2) is 39.8 Å². The smallest absolute Gasteiger partial charge is 0.317 e. The van der Waals surface area contributed by atoms with Crippen LogP contribution in [0.25, 0.3) is 0 Å². The molecule has 3 aliphatic rings. The number of carbonyl (C=O) groups excluding carboxylic acids is 1. The first kappa shape index (κ1) is 16.8. The average Bonchev–Trinajstić information content (AvgIpc) is 3.46. The zero-order valence-corrected chi connectivity index (χ0v) is 15.9. The number of aromatic nitrogens is 2. The van der Waals surface area contributed by atoms with Gasteiger partial charge in [0.2, 0.25) is 0 Å². The van der Waals surface area contributed by atoms with E-state index in [1.807, 2.05) is 16.6 Å². The van der Waals surface area contributed by atoms with Gasteiger partial charge >= 0.3 is 6.03 Å². The molecule has 0 unspecified atom stereocenters. The zero-order chi connectivity index (χ0) is 18.4. The Morgan fingerprint density at radius 2 is 1.93 bits per heavy atom. The normalized spacial score (nSPS) is 20.9. The summed E-state index contributed by atoms with van der Waals surface area (Å²) in [5.74, 6) is 1.50. The van der Waals surface area contributed by atoms with E-state index in [4.69, 9.17) is 0 Å². The number of fused-ring (bicyclic) bond motifs is 1. The molecule has 27 heavy (non-hydrogen) atoms. The van der Waals surface area contributed by atoms with E-state index in [1.54, 1.807) is 0 Å². The second-order valence-electron chi connectivity index (χ2n) is 8.10. The van der Waals surface area contributed by atoms with E-state index in [-0.39, 0.29) is 6.03 Å². The van der Waals surface area contributed by atoms with Gasteiger partial charge in [-0.2, -0.15) is 5.10 Å². The number of amides is 2. The van der Waals surface area contributed by atoms with E-state index < -0.39 is 0 Å². The molecule has 0 bridgehead atoms. The van der Waals surface area contributed by atoms with Crippen LogP contribution in [0.2, 0.25) is 0 Å². The van der Waals surface area contributed by atoms with Crippen molar-refractivity contribution in [3.8, 4) is 0 Å². The van der Waals surface area contributed by atoms with Crippen molar-refractivity contribution < 1.29 is 4.79 Å². The Bertz CT molecular complexity index is 850. The minimum absolute atomic E-state index is 0.110. The van der Waals surface area contributed by atoms with Gasteiger partial charge in [0.1, 0.15) is 0 Å². The van der Waals surface area contributed by atoms with Gasteiger partial charge in [-0.3, -0.25) is 9.58 Å². The summed E-state index contributed by atoms with van der Waals surface area (Å²) in [5, 5.41) is 8.03. The molecular weight excluding hydrogens is 338 g/mol. The number of carbonyl (C=O) groups is 1. The Morgan fingerprint density at radius 1 is 1.15 bits per heavy atom. The Kier molecular flexibility index (Phi) is 4.16. The number of anilines is 1. The van der Waals surface area contributed by atoms with Crippen molar-refractivity contribution in [1.82, 2.24) is 20.0 Å². The van der Waals surface area contributed by atoms with Crippen molar-refractivity contribution in [3.63, 3.8) is 0 Å². The van der Waals surface area contributed by atoms with Gasteiger partial charge < -0.3 is 10.2 Å². The van der Waals surface area contributed by atoms with Crippen molar-refractivity contribution >= 4 is 11.8 Å². The number of hydrogen-bond donors (Lipinski definition) is 1. The van der Waals surface area contributed by atoms with Gasteiger partial charge in [-0.15, -0.1) is 0 Å². The van der Waals surface area contributed by atoms with Gasteiger partial charge in [-0.05, 0) is 55.8 Å². The molecule has 1 N–H and O–H groups in total. The fourth-order valence-electron chi connectivity index (χ4n) is 4.55. The summed E-state index contributed by atoms with van der Waals surface area (Å²) in [5.41, 5.74) is 3.82. The summed E-state index contributed by atoms with van der Waals surface area (Å²) >= 11 is 0. The van der Waals surface area contributed by atoms with E-state index in [9.17, 15) is 4.79 Å². The number of urea groups is 1. The van der Waals surface area contributed by atoms with Crippen LogP contribution >= 0.6 is 0 Å². The molecule has 6 nitrogen and oxygen atoms in total. The van der Waals surface area contributed by atoms with Crippen LogP contribution in [0.3, 0.4) is 0 Å². The van der Waals surface area contributed by atoms with E-state index in [1.165, 1.54) is 24.0 Å². The first-order chi connectivity index (χ1) is 13.2. The molecule has 3 heterocycles. The van der Waals surface area contributed by atoms with Crippen LogP contribution in [0.5, 0.6) is 0 Å². The Hall–Kier alpha value is -2.34. The maximum Gasteiger partial charge on any atom is 0.326 e. The summed E-state index contributed by atoms with van der Waals surface area (Å²) in [4.78, 5) is 17.5. The molecule has 2 aliphatic heterocycles. The van der Waals surface area contributed by atoms with Crippen LogP contribution in [-0.2, 0) is 20.1 Å². The second-order valence-corrected chi connectivity index (χ2v) is 8.10. The minimum Gasteiger partial charge on any atom is -0.317 e. The minimum atomic E-state index is 0.110. The molecule has 1 saturated carbocycles. The predicted molar refractivity (Wildman–Crippen MR) is 105 cm³/mol. The molecule has 6 heteroatoms. The average molecular weight is 365 g/mol. The zero-order valence-electron chi connectivity index (χ0n) is 15.9. The molecule has 0 spiro atoms. The van der Waals surface area contributed by atoms with Crippen LogP contribution < -0.4 is 10.2 Å². The lowest BCUT2D eigenvalue weighted by molar-refractivity contribution is 0.156. The molecule has 2 fully saturated rings. The number of rotatable bonds is 4. The molecule has 142 valence electrons. The Labute approximate surface area is 160 Å². The Morgan fingerprint density at radius 3 is 2.70 bits per heavy atom. The number of nitrogens with one attached hydrogen (secondary N) is 1. The van der Waals surface area contributed by atoms with Gasteiger partial charge in [-0.25, -0.2) is 4.79 Å². The summed E-state index contributed by atoms with van der Waals surface area (Å²) in [6.45, 7) is 3.25. The number of hydrogen-bond acceptors (Lipinski definition) is 3. The van der Waals surface area contributed by atoms with E-state index in [0.29, 0.717) is 25.0 Å². The van der Waals surface area contributed by atoms with Crippen LogP contribution in [0.15, 0.2) is 30.5 Å². The number of piperidine rings is 1. The lowest BCUT2D eigenvalue weighted by atomic mass is 10.0. The first-order valence-electron chi connectivity index (χ1n) is 10.1. The molecule has 2 amide bonds. The summed E-state index contributed by atoms with van der Waals surface area (Å²) in [6.07, 6.45) is 6.64. The van der Waals surface area contributed by atoms with Gasteiger partial charge in [0, 0.05) is 24.8 Å². The third kappa shape index (κ3) is 3.12. The molecule has 1 aromatic carbocycles. The highest BCUT2D eigenvalue weighted by atomic mass is 16.2. The topological polar surface area (TPSA) is 53.4 Å². The van der Waals surface area contributed by atoms with Gasteiger partial charge in [0.05, 0.1) is 13.1 Å². The standard InChI is InChI=1S/C21H27N5O/c1-24-12-17-14-25(18-8-10-22-11-9-18)21(27)26(20(17)23-24)13-16-4-2-3-5-19(16)15-6-7-15/h2-5,12,15,18,22H,6-11,13-14H2,1H3. The summed E-state index contributed by atoms with van der Waals surface area (Å²) < 4.78 is 1.84. The maximum absolute atomic E-state index is 13.5. The van der Waals surface area contributed by atoms with Gasteiger partial charge in [0.15, 0.2) is 5.82 Å². The third-order valence-corrected chi connectivity index (χ3v) is 6.11. The van der Waals surface area contributed by atoms with Crippen LogP contribution in [0.4, 0.5) is 10.6 Å². The fourth-order valence-corrected chi connectivity index (χ4v) is 4.55. The Balaban J connectivity index is 1.48. The molecule has 1 saturated heterocycles. The molecular formula is C21H27N5O. The quantitative estimate of drug-likeness (QED) is 0.906. The van der Waals surface area contributed by atoms with Gasteiger partial charge in [0.25, 0.3) is 0 Å². The first-order valence-corrected chi connectivity index (χ1v) is 10.1. The highest BCUT2D eigenvalue weighted by Gasteiger charge is 2.37.